The molecule has 0 saturated carbocycles. The van der Waals surface area contributed by atoms with Crippen molar-refractivity contribution in [1.82, 2.24) is 25.1 Å². The minimum Gasteiger partial charge on any atom is -0.369 e. The van der Waals surface area contributed by atoms with Crippen molar-refractivity contribution in [3.05, 3.63) is 35.7 Å². The normalized spacial score (nSPS) is 18.7. The van der Waals surface area contributed by atoms with Crippen LogP contribution in [0.5, 0.6) is 0 Å². The molecule has 0 radical (unpaired) electrons. The van der Waals surface area contributed by atoms with Gasteiger partial charge in [-0.2, -0.15) is 0 Å². The Kier molecular flexibility index (Phi) is 6.50. The van der Waals surface area contributed by atoms with E-state index in [1.807, 2.05) is 45.0 Å². The minimum absolute atomic E-state index is 0.0666. The molecule has 3 rings (SSSR count). The number of hydrogen-bond acceptors (Lipinski definition) is 6. The van der Waals surface area contributed by atoms with Crippen LogP contribution >= 0.6 is 0 Å². The first-order valence-corrected chi connectivity index (χ1v) is 10.3. The molecule has 1 aromatic carbocycles. The van der Waals surface area contributed by atoms with E-state index in [9.17, 15) is 9.59 Å². The molecule has 0 bridgehead atoms. The van der Waals surface area contributed by atoms with E-state index in [0.717, 1.165) is 37.2 Å². The number of primary amides is 1. The fourth-order valence-electron chi connectivity index (χ4n) is 3.69. The van der Waals surface area contributed by atoms with Crippen molar-refractivity contribution in [2.75, 3.05) is 18.4 Å². The lowest BCUT2D eigenvalue weighted by Gasteiger charge is -2.31. The molecular formula is C21H31N7O2. The van der Waals surface area contributed by atoms with Crippen molar-refractivity contribution in [3.8, 4) is 0 Å². The number of amides is 2. The van der Waals surface area contributed by atoms with Crippen molar-refractivity contribution in [3.63, 3.8) is 0 Å². The van der Waals surface area contributed by atoms with E-state index < -0.39 is 6.04 Å². The van der Waals surface area contributed by atoms with Gasteiger partial charge < -0.3 is 11.1 Å². The zero-order valence-corrected chi connectivity index (χ0v) is 18.1. The maximum absolute atomic E-state index is 12.7. The monoisotopic (exact) mass is 413 g/mol. The van der Waals surface area contributed by atoms with Crippen LogP contribution in [0, 0.1) is 5.92 Å². The summed E-state index contributed by atoms with van der Waals surface area (Å²) >= 11 is 0. The van der Waals surface area contributed by atoms with E-state index in [0.29, 0.717) is 12.4 Å². The molecule has 1 aromatic heterocycles. The highest BCUT2D eigenvalue weighted by atomic mass is 16.2. The Hall–Kier alpha value is -2.81. The summed E-state index contributed by atoms with van der Waals surface area (Å²) in [5.74, 6) is 0.198. The molecular weight excluding hydrogens is 382 g/mol. The average Bonchev–Trinajstić information content (AvgIpc) is 3.19. The first-order valence-electron chi connectivity index (χ1n) is 10.3. The molecule has 1 aliphatic rings. The van der Waals surface area contributed by atoms with E-state index >= 15 is 0 Å². The van der Waals surface area contributed by atoms with Crippen LogP contribution in [0.15, 0.2) is 24.3 Å². The molecule has 1 saturated heterocycles. The average molecular weight is 414 g/mol. The van der Waals surface area contributed by atoms with Gasteiger partial charge in [0.15, 0.2) is 5.82 Å². The van der Waals surface area contributed by atoms with Crippen LogP contribution in [0.25, 0.3) is 0 Å². The van der Waals surface area contributed by atoms with Crippen LogP contribution < -0.4 is 11.1 Å². The summed E-state index contributed by atoms with van der Waals surface area (Å²) in [6.45, 7) is 10.2. The van der Waals surface area contributed by atoms with Gasteiger partial charge >= 0.3 is 0 Å². The minimum atomic E-state index is -0.534. The fraction of sp³-hybridized carbons (Fsp3) is 0.571. The first-order chi connectivity index (χ1) is 14.1. The third kappa shape index (κ3) is 5.21. The van der Waals surface area contributed by atoms with Crippen LogP contribution in [0.3, 0.4) is 0 Å². The second-order valence-corrected chi connectivity index (χ2v) is 9.04. The molecule has 2 amide bonds. The van der Waals surface area contributed by atoms with Gasteiger partial charge in [-0.1, -0.05) is 32.9 Å². The number of aromatic nitrogens is 4. The van der Waals surface area contributed by atoms with Gasteiger partial charge in [0.2, 0.25) is 11.8 Å². The summed E-state index contributed by atoms with van der Waals surface area (Å²) in [5, 5.41) is 14.7. The molecule has 30 heavy (non-hydrogen) atoms. The Morgan fingerprint density at radius 1 is 1.27 bits per heavy atom. The smallest absolute Gasteiger partial charge is 0.249 e. The van der Waals surface area contributed by atoms with Crippen molar-refractivity contribution in [2.45, 2.75) is 58.5 Å². The predicted molar refractivity (Wildman–Crippen MR) is 113 cm³/mol. The van der Waals surface area contributed by atoms with E-state index in [1.165, 1.54) is 0 Å². The Balaban J connectivity index is 1.60. The summed E-state index contributed by atoms with van der Waals surface area (Å²) < 4.78 is 1.56. The van der Waals surface area contributed by atoms with Crippen LogP contribution in [-0.4, -0.2) is 50.0 Å². The van der Waals surface area contributed by atoms with Crippen molar-refractivity contribution >= 4 is 17.5 Å². The summed E-state index contributed by atoms with van der Waals surface area (Å²) in [4.78, 5) is 26.4. The van der Waals surface area contributed by atoms with Gasteiger partial charge in [-0.05, 0) is 54.4 Å². The molecule has 1 fully saturated rings. The van der Waals surface area contributed by atoms with Crippen molar-refractivity contribution in [1.29, 1.82) is 0 Å². The largest absolute Gasteiger partial charge is 0.369 e. The Morgan fingerprint density at radius 3 is 2.60 bits per heavy atom. The SMILES string of the molecule is C[C@@H](C(=O)Nc1ccc(CN2CCC[C@H](C(N)=O)C2)cc1)n1nnnc1C(C)(C)C. The van der Waals surface area contributed by atoms with Crippen LogP contribution in [0.4, 0.5) is 5.69 Å². The third-order valence-corrected chi connectivity index (χ3v) is 5.45. The van der Waals surface area contributed by atoms with Gasteiger partial charge in [0.1, 0.15) is 6.04 Å². The van der Waals surface area contributed by atoms with E-state index in [-0.39, 0.29) is 23.1 Å². The number of carbonyl (C=O) groups is 2. The van der Waals surface area contributed by atoms with Gasteiger partial charge in [-0.3, -0.25) is 14.5 Å². The molecule has 2 aromatic rings. The van der Waals surface area contributed by atoms with Crippen molar-refractivity contribution in [2.24, 2.45) is 11.7 Å². The van der Waals surface area contributed by atoms with E-state index in [2.05, 4.69) is 25.7 Å². The van der Waals surface area contributed by atoms with Crippen molar-refractivity contribution < 1.29 is 9.59 Å². The third-order valence-electron chi connectivity index (χ3n) is 5.45. The highest BCUT2D eigenvalue weighted by Gasteiger charge is 2.27. The highest BCUT2D eigenvalue weighted by molar-refractivity contribution is 5.93. The molecule has 0 aliphatic carbocycles. The first kappa shape index (κ1) is 21.9. The number of carbonyl (C=O) groups excluding carboxylic acids is 2. The van der Waals surface area contributed by atoms with Gasteiger partial charge in [-0.25, -0.2) is 4.68 Å². The Bertz CT molecular complexity index is 886. The van der Waals surface area contributed by atoms with Crippen LogP contribution in [-0.2, 0) is 21.5 Å². The van der Waals surface area contributed by atoms with Crippen LogP contribution in [0.2, 0.25) is 0 Å². The maximum Gasteiger partial charge on any atom is 0.249 e. The quantitative estimate of drug-likeness (QED) is 0.746. The van der Waals surface area contributed by atoms with E-state index in [4.69, 9.17) is 5.73 Å². The maximum atomic E-state index is 12.7. The zero-order chi connectivity index (χ0) is 21.9. The van der Waals surface area contributed by atoms with Crippen LogP contribution in [0.1, 0.15) is 58.0 Å². The lowest BCUT2D eigenvalue weighted by Crippen LogP contribution is -2.40. The molecule has 3 N–H and O–H groups in total. The van der Waals surface area contributed by atoms with Gasteiger partial charge in [0.25, 0.3) is 0 Å². The zero-order valence-electron chi connectivity index (χ0n) is 18.1. The van der Waals surface area contributed by atoms with Gasteiger partial charge in [0.05, 0.1) is 5.92 Å². The lowest BCUT2D eigenvalue weighted by molar-refractivity contribution is -0.123. The number of nitrogens with two attached hydrogens (primary N) is 1. The lowest BCUT2D eigenvalue weighted by atomic mass is 9.95. The highest BCUT2D eigenvalue weighted by Crippen LogP contribution is 2.23. The number of rotatable bonds is 6. The van der Waals surface area contributed by atoms with Gasteiger partial charge in [0, 0.05) is 24.2 Å². The molecule has 2 heterocycles. The Labute approximate surface area is 177 Å². The Morgan fingerprint density at radius 2 is 1.97 bits per heavy atom. The summed E-state index contributed by atoms with van der Waals surface area (Å²) in [7, 11) is 0. The topological polar surface area (TPSA) is 119 Å². The number of nitrogens with one attached hydrogen (secondary N) is 1. The molecule has 162 valence electrons. The summed E-state index contributed by atoms with van der Waals surface area (Å²) in [6, 6.07) is 7.23. The number of hydrogen-bond donors (Lipinski definition) is 2. The van der Waals surface area contributed by atoms with E-state index in [1.54, 1.807) is 11.6 Å². The van der Waals surface area contributed by atoms with Gasteiger partial charge in [-0.15, -0.1) is 5.10 Å². The fourth-order valence-corrected chi connectivity index (χ4v) is 3.69. The summed E-state index contributed by atoms with van der Waals surface area (Å²) in [5.41, 5.74) is 7.04. The standard InChI is InChI=1S/C21H31N7O2/c1-14(28-20(21(2,3)4)24-25-26-28)19(30)23-17-9-7-15(8-10-17)12-27-11-5-6-16(13-27)18(22)29/h7-10,14,16H,5-6,11-13H2,1-4H3,(H2,22,29)(H,23,30)/t14-,16-/m0/s1. The second-order valence-electron chi connectivity index (χ2n) is 9.04. The number of piperidine rings is 1. The molecule has 0 spiro atoms. The summed E-state index contributed by atoms with van der Waals surface area (Å²) in [6.07, 6.45) is 1.85. The molecule has 1 aliphatic heterocycles. The molecule has 9 nitrogen and oxygen atoms in total. The number of tetrazole rings is 1. The number of nitrogens with zero attached hydrogens (tertiary/aromatic N) is 5. The molecule has 0 unspecified atom stereocenters. The molecule has 9 heteroatoms. The number of likely N-dealkylation sites (tertiary alicyclic amines) is 1. The number of benzene rings is 1. The molecule has 2 atom stereocenters. The predicted octanol–water partition coefficient (Wildman–Crippen LogP) is 1.87. The second kappa shape index (κ2) is 8.91. The number of anilines is 1.